The first kappa shape index (κ1) is 23.2. The van der Waals surface area contributed by atoms with Crippen molar-refractivity contribution in [2.45, 2.75) is 11.4 Å². The Hall–Kier alpha value is -2.13. The summed E-state index contributed by atoms with van der Waals surface area (Å²) in [4.78, 5) is 25.7. The van der Waals surface area contributed by atoms with Crippen LogP contribution in [0.4, 0.5) is 0 Å². The van der Waals surface area contributed by atoms with E-state index in [1.54, 1.807) is 24.3 Å². The van der Waals surface area contributed by atoms with Gasteiger partial charge in [0, 0.05) is 23.6 Å². The monoisotopic (exact) mass is 458 g/mol. The van der Waals surface area contributed by atoms with Crippen LogP contribution in [0, 0.1) is 0 Å². The molecular weight excluding hydrogens is 439 g/mol. The van der Waals surface area contributed by atoms with Crippen molar-refractivity contribution in [1.82, 2.24) is 9.21 Å². The first-order chi connectivity index (χ1) is 13.6. The second-order valence-electron chi connectivity index (χ2n) is 6.17. The third kappa shape index (κ3) is 6.43. The van der Waals surface area contributed by atoms with E-state index in [-0.39, 0.29) is 18.0 Å². The lowest BCUT2D eigenvalue weighted by Crippen LogP contribution is -2.43. The summed E-state index contributed by atoms with van der Waals surface area (Å²) in [5.41, 5.74) is 0.731. The number of nitrogens with zero attached hydrogens (tertiary/aromatic N) is 2. The van der Waals surface area contributed by atoms with Crippen LogP contribution in [-0.2, 0) is 30.9 Å². The van der Waals surface area contributed by atoms with Crippen molar-refractivity contribution in [3.63, 3.8) is 0 Å². The summed E-state index contributed by atoms with van der Waals surface area (Å²) in [7, 11) is -1.40. The molecule has 29 heavy (non-hydrogen) atoms. The molecule has 2 aromatic carbocycles. The normalized spacial score (nSPS) is 11.3. The Kier molecular flexibility index (Phi) is 8.04. The van der Waals surface area contributed by atoms with Gasteiger partial charge in [-0.2, -0.15) is 4.31 Å². The topological polar surface area (TPSA) is 84.0 Å². The molecule has 0 N–H and O–H groups in total. The Morgan fingerprint density at radius 2 is 1.45 bits per heavy atom. The van der Waals surface area contributed by atoms with Gasteiger partial charge in [0.15, 0.2) is 0 Å². The quantitative estimate of drug-likeness (QED) is 0.567. The lowest BCUT2D eigenvalue weighted by molar-refractivity contribution is -0.147. The molecule has 0 radical (unpaired) electrons. The average molecular weight is 459 g/mol. The number of hydrogen-bond acceptors (Lipinski definition) is 5. The molecule has 1 amide bonds. The van der Waals surface area contributed by atoms with Crippen LogP contribution in [-0.4, -0.2) is 56.7 Å². The summed E-state index contributed by atoms with van der Waals surface area (Å²) in [6, 6.07) is 12.4. The predicted molar refractivity (Wildman–Crippen MR) is 110 cm³/mol. The first-order valence-electron chi connectivity index (χ1n) is 8.44. The molecular formula is C19H20Cl2N2O5S. The molecule has 0 aliphatic heterocycles. The van der Waals surface area contributed by atoms with Crippen molar-refractivity contribution >= 4 is 45.1 Å². The van der Waals surface area contributed by atoms with Gasteiger partial charge < -0.3 is 9.64 Å². The van der Waals surface area contributed by atoms with E-state index in [0.717, 1.165) is 9.87 Å². The van der Waals surface area contributed by atoms with Gasteiger partial charge in [0.2, 0.25) is 15.9 Å². The SMILES string of the molecule is COC(=O)CN(Cc1ccc(Cl)cc1)C(=O)CN(C)S(=O)(=O)c1ccc(Cl)cc1. The van der Waals surface area contributed by atoms with Crippen LogP contribution in [0.2, 0.25) is 10.0 Å². The van der Waals surface area contributed by atoms with Crippen LogP contribution in [0.1, 0.15) is 5.56 Å². The van der Waals surface area contributed by atoms with E-state index in [0.29, 0.717) is 10.0 Å². The van der Waals surface area contributed by atoms with Gasteiger partial charge in [-0.1, -0.05) is 35.3 Å². The molecule has 0 saturated heterocycles. The van der Waals surface area contributed by atoms with Crippen LogP contribution in [0.5, 0.6) is 0 Å². The number of halogens is 2. The minimum Gasteiger partial charge on any atom is -0.468 e. The zero-order valence-electron chi connectivity index (χ0n) is 15.8. The molecule has 156 valence electrons. The van der Waals surface area contributed by atoms with Crippen molar-refractivity contribution in [1.29, 1.82) is 0 Å². The van der Waals surface area contributed by atoms with Gasteiger partial charge in [-0.25, -0.2) is 8.42 Å². The van der Waals surface area contributed by atoms with Gasteiger partial charge in [-0.15, -0.1) is 0 Å². The van der Waals surface area contributed by atoms with Crippen LogP contribution < -0.4 is 0 Å². The zero-order valence-corrected chi connectivity index (χ0v) is 18.2. The number of carbonyl (C=O) groups excluding carboxylic acids is 2. The molecule has 0 aliphatic carbocycles. The summed E-state index contributed by atoms with van der Waals surface area (Å²) < 4.78 is 30.9. The largest absolute Gasteiger partial charge is 0.468 e. The Morgan fingerprint density at radius 1 is 0.931 bits per heavy atom. The van der Waals surface area contributed by atoms with Crippen molar-refractivity contribution < 1.29 is 22.7 Å². The molecule has 0 heterocycles. The number of methoxy groups -OCH3 is 1. The fourth-order valence-corrected chi connectivity index (χ4v) is 3.80. The molecule has 0 saturated carbocycles. The highest BCUT2D eigenvalue weighted by Gasteiger charge is 2.26. The number of likely N-dealkylation sites (N-methyl/N-ethyl adjacent to an activating group) is 1. The summed E-state index contributed by atoms with van der Waals surface area (Å²) in [6.07, 6.45) is 0. The third-order valence-electron chi connectivity index (χ3n) is 4.07. The standard InChI is InChI=1S/C19H20Cl2N2O5S/c1-22(29(26,27)17-9-7-16(21)8-10-17)12-18(24)23(13-19(25)28-2)11-14-3-5-15(20)6-4-14/h3-10H,11-13H2,1-2H3. The molecule has 2 rings (SSSR count). The zero-order chi connectivity index (χ0) is 21.6. The molecule has 0 spiro atoms. The number of sulfonamides is 1. The van der Waals surface area contributed by atoms with Gasteiger partial charge in [0.25, 0.3) is 0 Å². The minimum atomic E-state index is -3.90. The van der Waals surface area contributed by atoms with Crippen LogP contribution in [0.15, 0.2) is 53.4 Å². The average Bonchev–Trinajstić information content (AvgIpc) is 2.69. The Bertz CT molecular complexity index is 963. The van der Waals surface area contributed by atoms with E-state index < -0.39 is 28.4 Å². The van der Waals surface area contributed by atoms with Gasteiger partial charge in [-0.3, -0.25) is 9.59 Å². The van der Waals surface area contributed by atoms with E-state index in [1.165, 1.54) is 43.3 Å². The lowest BCUT2D eigenvalue weighted by atomic mass is 10.2. The summed E-state index contributed by atoms with van der Waals surface area (Å²) in [5, 5.41) is 0.934. The Balaban J connectivity index is 2.17. The Labute approximate surface area is 179 Å². The smallest absolute Gasteiger partial charge is 0.325 e. The molecule has 10 heteroatoms. The maximum atomic E-state index is 12.8. The maximum absolute atomic E-state index is 12.8. The fourth-order valence-electron chi connectivity index (χ4n) is 2.42. The van der Waals surface area contributed by atoms with Crippen molar-refractivity contribution in [3.05, 3.63) is 64.1 Å². The van der Waals surface area contributed by atoms with E-state index in [1.807, 2.05) is 0 Å². The summed E-state index contributed by atoms with van der Waals surface area (Å²) in [5.74, 6) is -1.17. The maximum Gasteiger partial charge on any atom is 0.325 e. The van der Waals surface area contributed by atoms with Crippen molar-refractivity contribution in [2.75, 3.05) is 27.2 Å². The van der Waals surface area contributed by atoms with Gasteiger partial charge in [0.1, 0.15) is 6.54 Å². The first-order valence-corrected chi connectivity index (χ1v) is 10.6. The number of esters is 1. The molecule has 0 aromatic heterocycles. The molecule has 7 nitrogen and oxygen atoms in total. The molecule has 0 fully saturated rings. The highest BCUT2D eigenvalue weighted by atomic mass is 35.5. The van der Waals surface area contributed by atoms with Crippen LogP contribution in [0.3, 0.4) is 0 Å². The van der Waals surface area contributed by atoms with Crippen molar-refractivity contribution in [2.24, 2.45) is 0 Å². The van der Waals surface area contributed by atoms with E-state index in [2.05, 4.69) is 4.74 Å². The van der Waals surface area contributed by atoms with E-state index in [4.69, 9.17) is 23.2 Å². The number of amides is 1. The minimum absolute atomic E-state index is 0.00872. The number of hydrogen-bond donors (Lipinski definition) is 0. The number of carbonyl (C=O) groups is 2. The highest BCUT2D eigenvalue weighted by Crippen LogP contribution is 2.18. The Morgan fingerprint density at radius 3 is 1.97 bits per heavy atom. The number of benzene rings is 2. The molecule has 0 unspecified atom stereocenters. The summed E-state index contributed by atoms with van der Waals surface area (Å²) >= 11 is 11.7. The van der Waals surface area contributed by atoms with Crippen LogP contribution >= 0.6 is 23.2 Å². The molecule has 0 bridgehead atoms. The molecule has 0 atom stereocenters. The second kappa shape index (κ2) is 10.1. The highest BCUT2D eigenvalue weighted by molar-refractivity contribution is 7.89. The molecule has 0 aliphatic rings. The summed E-state index contributed by atoms with van der Waals surface area (Å²) in [6.45, 7) is -0.664. The lowest BCUT2D eigenvalue weighted by Gasteiger charge is -2.24. The number of ether oxygens (including phenoxy) is 1. The predicted octanol–water partition coefficient (Wildman–Crippen LogP) is 2.82. The van der Waals surface area contributed by atoms with Crippen LogP contribution in [0.25, 0.3) is 0 Å². The van der Waals surface area contributed by atoms with E-state index in [9.17, 15) is 18.0 Å². The third-order valence-corrected chi connectivity index (χ3v) is 6.39. The van der Waals surface area contributed by atoms with Gasteiger partial charge in [0.05, 0.1) is 18.6 Å². The van der Waals surface area contributed by atoms with Gasteiger partial charge in [-0.05, 0) is 42.0 Å². The van der Waals surface area contributed by atoms with E-state index >= 15 is 0 Å². The number of rotatable bonds is 8. The fraction of sp³-hybridized carbons (Fsp3) is 0.263. The van der Waals surface area contributed by atoms with Crippen molar-refractivity contribution in [3.8, 4) is 0 Å². The molecule has 2 aromatic rings. The van der Waals surface area contributed by atoms with Gasteiger partial charge >= 0.3 is 5.97 Å². The second-order valence-corrected chi connectivity index (χ2v) is 9.09.